The Morgan fingerprint density at radius 1 is 1.35 bits per heavy atom. The van der Waals surface area contributed by atoms with Crippen molar-refractivity contribution >= 4 is 40.2 Å². The Morgan fingerprint density at radius 2 is 2.08 bits per heavy atom. The van der Waals surface area contributed by atoms with Crippen molar-refractivity contribution in [2.45, 2.75) is 58.3 Å². The van der Waals surface area contributed by atoms with Crippen LogP contribution in [0.15, 0.2) is 28.2 Å². The van der Waals surface area contributed by atoms with Gasteiger partial charge < -0.3 is 5.32 Å². The summed E-state index contributed by atoms with van der Waals surface area (Å²) < 4.78 is 1.68. The van der Waals surface area contributed by atoms with Gasteiger partial charge >= 0.3 is 0 Å². The Bertz CT molecular complexity index is 835. The van der Waals surface area contributed by atoms with Gasteiger partial charge in [0.25, 0.3) is 5.56 Å². The molecule has 1 aromatic heterocycles. The van der Waals surface area contributed by atoms with Crippen LogP contribution in [0.1, 0.15) is 40.5 Å². The van der Waals surface area contributed by atoms with Crippen molar-refractivity contribution in [1.29, 1.82) is 0 Å². The van der Waals surface area contributed by atoms with Gasteiger partial charge in [-0.2, -0.15) is 0 Å². The Kier molecular flexibility index (Phi) is 7.53. The van der Waals surface area contributed by atoms with Crippen molar-refractivity contribution in [3.05, 3.63) is 33.6 Å². The van der Waals surface area contributed by atoms with Crippen LogP contribution in [0.3, 0.4) is 0 Å². The number of hydrogen-bond acceptors (Lipinski definition) is 4. The zero-order valence-electron chi connectivity index (χ0n) is 15.7. The van der Waals surface area contributed by atoms with E-state index < -0.39 is 0 Å². The summed E-state index contributed by atoms with van der Waals surface area (Å²) in [6, 6.07) is 5.23. The maximum Gasteiger partial charge on any atom is 0.262 e. The van der Waals surface area contributed by atoms with Gasteiger partial charge in [-0.05, 0) is 43.9 Å². The number of carbonyl (C=O) groups is 1. The molecule has 0 saturated carbocycles. The molecule has 0 fully saturated rings. The first-order valence-corrected chi connectivity index (χ1v) is 10.3. The first-order valence-electron chi connectivity index (χ1n) is 8.94. The van der Waals surface area contributed by atoms with Gasteiger partial charge in [0.2, 0.25) is 5.91 Å². The lowest BCUT2D eigenvalue weighted by molar-refractivity contribution is -0.119. The second kappa shape index (κ2) is 9.42. The zero-order valence-corrected chi connectivity index (χ0v) is 17.3. The van der Waals surface area contributed by atoms with Crippen LogP contribution in [0.4, 0.5) is 0 Å². The van der Waals surface area contributed by atoms with E-state index in [-0.39, 0.29) is 23.3 Å². The van der Waals surface area contributed by atoms with E-state index in [1.54, 1.807) is 22.8 Å². The van der Waals surface area contributed by atoms with Crippen molar-refractivity contribution < 1.29 is 4.79 Å². The number of thioether (sulfide) groups is 1. The third-order valence-corrected chi connectivity index (χ3v) is 5.38. The SMILES string of the molecule is CC[C@H](C)NC(=O)CSc1nc2cc(Cl)ccc2c(=O)n1CCC(C)C. The molecule has 0 saturated heterocycles. The van der Waals surface area contributed by atoms with Crippen molar-refractivity contribution in [3.63, 3.8) is 0 Å². The van der Waals surface area contributed by atoms with Gasteiger partial charge in [0.05, 0.1) is 16.7 Å². The monoisotopic (exact) mass is 395 g/mol. The molecule has 5 nitrogen and oxygen atoms in total. The van der Waals surface area contributed by atoms with E-state index in [1.165, 1.54) is 11.8 Å². The molecule has 1 amide bonds. The van der Waals surface area contributed by atoms with Crippen LogP contribution >= 0.6 is 23.4 Å². The predicted molar refractivity (Wildman–Crippen MR) is 109 cm³/mol. The Labute approximate surface area is 163 Å². The fourth-order valence-electron chi connectivity index (χ4n) is 2.42. The van der Waals surface area contributed by atoms with Gasteiger partial charge in [0.15, 0.2) is 5.16 Å². The van der Waals surface area contributed by atoms with E-state index in [0.717, 1.165) is 12.8 Å². The minimum absolute atomic E-state index is 0.0554. The average Bonchev–Trinajstić information content (AvgIpc) is 2.58. The summed E-state index contributed by atoms with van der Waals surface area (Å²) in [6.45, 7) is 8.81. The molecule has 2 aromatic rings. The fraction of sp³-hybridized carbons (Fsp3) is 0.526. The lowest BCUT2D eigenvalue weighted by Crippen LogP contribution is -2.33. The van der Waals surface area contributed by atoms with Gasteiger partial charge in [-0.25, -0.2) is 4.98 Å². The van der Waals surface area contributed by atoms with Crippen LogP contribution in [-0.4, -0.2) is 27.3 Å². The highest BCUT2D eigenvalue weighted by Gasteiger charge is 2.14. The van der Waals surface area contributed by atoms with Crippen LogP contribution < -0.4 is 10.9 Å². The largest absolute Gasteiger partial charge is 0.353 e. The fourth-order valence-corrected chi connectivity index (χ4v) is 3.42. The lowest BCUT2D eigenvalue weighted by atomic mass is 10.1. The first kappa shape index (κ1) is 20.8. The van der Waals surface area contributed by atoms with E-state index in [4.69, 9.17) is 11.6 Å². The number of halogens is 1. The molecule has 1 N–H and O–H groups in total. The Balaban J connectivity index is 2.33. The lowest BCUT2D eigenvalue weighted by Gasteiger charge is -2.15. The number of hydrogen-bond donors (Lipinski definition) is 1. The molecule has 0 bridgehead atoms. The van der Waals surface area contributed by atoms with Crippen LogP contribution in [-0.2, 0) is 11.3 Å². The average molecular weight is 396 g/mol. The third-order valence-electron chi connectivity index (χ3n) is 4.16. The van der Waals surface area contributed by atoms with Gasteiger partial charge in [0, 0.05) is 17.6 Å². The molecule has 0 aliphatic rings. The molecular weight excluding hydrogens is 370 g/mol. The molecule has 26 heavy (non-hydrogen) atoms. The van der Waals surface area contributed by atoms with Gasteiger partial charge in [-0.1, -0.05) is 44.1 Å². The number of nitrogens with zero attached hydrogens (tertiary/aromatic N) is 2. The van der Waals surface area contributed by atoms with Crippen LogP contribution in [0.5, 0.6) is 0 Å². The summed E-state index contributed by atoms with van der Waals surface area (Å²) in [5.41, 5.74) is 0.477. The molecule has 0 aliphatic carbocycles. The summed E-state index contributed by atoms with van der Waals surface area (Å²) in [6.07, 6.45) is 1.75. The maximum atomic E-state index is 12.9. The smallest absolute Gasteiger partial charge is 0.262 e. The molecule has 1 heterocycles. The number of fused-ring (bicyclic) bond motifs is 1. The highest BCUT2D eigenvalue weighted by molar-refractivity contribution is 7.99. The molecule has 1 atom stereocenters. The van der Waals surface area contributed by atoms with E-state index >= 15 is 0 Å². The summed E-state index contributed by atoms with van der Waals surface area (Å²) in [5.74, 6) is 0.638. The van der Waals surface area contributed by atoms with Crippen LogP contribution in [0.2, 0.25) is 5.02 Å². The quantitative estimate of drug-likeness (QED) is 0.539. The van der Waals surface area contributed by atoms with E-state index in [9.17, 15) is 9.59 Å². The van der Waals surface area contributed by atoms with Crippen LogP contribution in [0.25, 0.3) is 10.9 Å². The predicted octanol–water partition coefficient (Wildman–Crippen LogP) is 4.10. The number of nitrogens with one attached hydrogen (secondary N) is 1. The number of carbonyl (C=O) groups excluding carboxylic acids is 1. The summed E-state index contributed by atoms with van der Waals surface area (Å²) in [7, 11) is 0. The van der Waals surface area contributed by atoms with Crippen molar-refractivity contribution in [2.75, 3.05) is 5.75 Å². The topological polar surface area (TPSA) is 64.0 Å². The van der Waals surface area contributed by atoms with Crippen LogP contribution in [0, 0.1) is 5.92 Å². The summed E-state index contributed by atoms with van der Waals surface area (Å²) in [5, 5.41) is 4.58. The second-order valence-corrected chi connectivity index (χ2v) is 8.24. The van der Waals surface area contributed by atoms with E-state index in [0.29, 0.717) is 33.5 Å². The highest BCUT2D eigenvalue weighted by atomic mass is 35.5. The molecule has 1 aromatic carbocycles. The van der Waals surface area contributed by atoms with Crippen molar-refractivity contribution in [3.8, 4) is 0 Å². The van der Waals surface area contributed by atoms with Gasteiger partial charge in [0.1, 0.15) is 0 Å². The number of amides is 1. The molecule has 2 rings (SSSR count). The number of rotatable bonds is 8. The Morgan fingerprint density at radius 3 is 2.73 bits per heavy atom. The first-order chi connectivity index (χ1) is 12.3. The van der Waals surface area contributed by atoms with Gasteiger partial charge in [-0.15, -0.1) is 0 Å². The molecule has 0 aliphatic heterocycles. The number of aromatic nitrogens is 2. The van der Waals surface area contributed by atoms with Gasteiger partial charge in [-0.3, -0.25) is 14.2 Å². The van der Waals surface area contributed by atoms with Crippen molar-refractivity contribution in [1.82, 2.24) is 14.9 Å². The molecular formula is C19H26ClN3O2S. The standard InChI is InChI=1S/C19H26ClN3O2S/c1-5-13(4)21-17(24)11-26-19-22-16-10-14(20)6-7-15(16)18(25)23(19)9-8-12(2)3/h6-7,10,12-13H,5,8-9,11H2,1-4H3,(H,21,24)/t13-/m0/s1. The molecule has 0 unspecified atom stereocenters. The van der Waals surface area contributed by atoms with E-state index in [2.05, 4.69) is 24.1 Å². The second-order valence-electron chi connectivity index (χ2n) is 6.86. The molecule has 0 radical (unpaired) electrons. The Hall–Kier alpha value is -1.53. The maximum absolute atomic E-state index is 12.9. The third kappa shape index (κ3) is 5.48. The molecule has 7 heteroatoms. The molecule has 0 spiro atoms. The normalized spacial score (nSPS) is 12.5. The van der Waals surface area contributed by atoms with E-state index in [1.807, 2.05) is 13.8 Å². The summed E-state index contributed by atoms with van der Waals surface area (Å²) >= 11 is 7.34. The number of benzene rings is 1. The van der Waals surface area contributed by atoms with Crippen molar-refractivity contribution in [2.24, 2.45) is 5.92 Å². The molecule has 142 valence electrons. The minimum Gasteiger partial charge on any atom is -0.353 e. The zero-order chi connectivity index (χ0) is 19.3. The summed E-state index contributed by atoms with van der Waals surface area (Å²) in [4.78, 5) is 29.6. The minimum atomic E-state index is -0.0860. The highest BCUT2D eigenvalue weighted by Crippen LogP contribution is 2.21.